The molecule has 2 aromatic rings. The Balaban J connectivity index is 2.45. The number of hydrogen-bond acceptors (Lipinski definition) is 6. The van der Waals surface area contributed by atoms with E-state index in [0.29, 0.717) is 43.3 Å². The largest absolute Gasteiger partial charge is 0.444 e. The van der Waals surface area contributed by atoms with E-state index in [1.807, 2.05) is 36.3 Å². The molecule has 0 aliphatic heterocycles. The summed E-state index contributed by atoms with van der Waals surface area (Å²) in [6.07, 6.45) is 1.51. The first-order valence-corrected chi connectivity index (χ1v) is 10.4. The lowest BCUT2D eigenvalue weighted by atomic mass is 10.2. The van der Waals surface area contributed by atoms with Gasteiger partial charge in [-0.2, -0.15) is 4.98 Å². The van der Waals surface area contributed by atoms with Gasteiger partial charge in [-0.1, -0.05) is 11.6 Å². The fourth-order valence-corrected chi connectivity index (χ4v) is 3.13. The molecule has 0 aromatic carbocycles. The molecular weight excluding hydrogens is 400 g/mol. The second-order valence-electron chi connectivity index (χ2n) is 8.69. The van der Waals surface area contributed by atoms with Crippen LogP contribution in [0.4, 0.5) is 10.7 Å². The maximum Gasteiger partial charge on any atom is 0.407 e. The average Bonchev–Trinajstić information content (AvgIpc) is 3.04. The number of nitrogens with zero attached hydrogens (tertiary/aromatic N) is 5. The number of imidazole rings is 1. The molecule has 2 aromatic heterocycles. The summed E-state index contributed by atoms with van der Waals surface area (Å²) in [5.74, 6) is 0.569. The molecule has 0 radical (unpaired) electrons. The predicted molar refractivity (Wildman–Crippen MR) is 122 cm³/mol. The van der Waals surface area contributed by atoms with Crippen LogP contribution in [0.1, 0.15) is 41.5 Å². The van der Waals surface area contributed by atoms with Crippen LogP contribution < -0.4 is 21.5 Å². The number of anilines is 1. The lowest BCUT2D eigenvalue weighted by molar-refractivity contribution is 0.0529. The van der Waals surface area contributed by atoms with Crippen molar-refractivity contribution in [1.82, 2.24) is 24.0 Å². The Morgan fingerprint density at radius 2 is 1.84 bits per heavy atom. The number of nitrogens with one attached hydrogen (secondary N) is 1. The number of aryl methyl sites for hydroxylation is 1. The van der Waals surface area contributed by atoms with E-state index in [1.165, 1.54) is 11.6 Å². The number of likely N-dealkylation sites (N-methyl/N-ethyl adjacent to an activating group) is 1. The summed E-state index contributed by atoms with van der Waals surface area (Å²) in [5, 5.41) is 2.75. The first-order valence-electron chi connectivity index (χ1n) is 10.4. The van der Waals surface area contributed by atoms with Gasteiger partial charge in [-0.05, 0) is 41.5 Å². The highest BCUT2D eigenvalue weighted by Crippen LogP contribution is 2.20. The lowest BCUT2D eigenvalue weighted by Crippen LogP contribution is -2.39. The molecule has 0 aliphatic carbocycles. The number of fused-ring (bicyclic) bond motifs is 1. The van der Waals surface area contributed by atoms with E-state index in [1.54, 1.807) is 27.8 Å². The third kappa shape index (κ3) is 5.56. The van der Waals surface area contributed by atoms with E-state index < -0.39 is 17.4 Å². The van der Waals surface area contributed by atoms with Crippen molar-refractivity contribution in [2.75, 3.05) is 24.5 Å². The molecule has 0 unspecified atom stereocenters. The van der Waals surface area contributed by atoms with Crippen molar-refractivity contribution >= 4 is 23.2 Å². The maximum absolute atomic E-state index is 12.9. The second-order valence-corrected chi connectivity index (χ2v) is 8.69. The van der Waals surface area contributed by atoms with E-state index in [2.05, 4.69) is 10.3 Å². The van der Waals surface area contributed by atoms with Crippen LogP contribution in [0.25, 0.3) is 11.2 Å². The average molecular weight is 435 g/mol. The Labute approximate surface area is 182 Å². The van der Waals surface area contributed by atoms with Gasteiger partial charge in [0.1, 0.15) is 5.60 Å². The summed E-state index contributed by atoms with van der Waals surface area (Å²) >= 11 is 0. The van der Waals surface area contributed by atoms with Gasteiger partial charge in [0.15, 0.2) is 11.2 Å². The van der Waals surface area contributed by atoms with E-state index in [-0.39, 0.29) is 5.56 Å². The van der Waals surface area contributed by atoms with Gasteiger partial charge in [0.25, 0.3) is 5.56 Å². The molecule has 31 heavy (non-hydrogen) atoms. The van der Waals surface area contributed by atoms with Crippen LogP contribution >= 0.6 is 0 Å². The van der Waals surface area contributed by atoms with E-state index in [4.69, 9.17) is 4.74 Å². The number of carbonyl (C=O) groups excluding carboxylic acids is 1. The highest BCUT2D eigenvalue weighted by Gasteiger charge is 2.22. The quantitative estimate of drug-likeness (QED) is 0.666. The van der Waals surface area contributed by atoms with Crippen molar-refractivity contribution in [3.63, 3.8) is 0 Å². The van der Waals surface area contributed by atoms with Crippen LogP contribution in [-0.2, 0) is 25.4 Å². The first kappa shape index (κ1) is 24.2. The molecule has 10 nitrogen and oxygen atoms in total. The Morgan fingerprint density at radius 3 is 2.39 bits per heavy atom. The Kier molecular flexibility index (Phi) is 7.35. The van der Waals surface area contributed by atoms with Gasteiger partial charge in [-0.15, -0.1) is 0 Å². The van der Waals surface area contributed by atoms with Gasteiger partial charge in [-0.3, -0.25) is 13.9 Å². The molecule has 0 saturated heterocycles. The maximum atomic E-state index is 12.9. The van der Waals surface area contributed by atoms with Gasteiger partial charge >= 0.3 is 11.8 Å². The number of alkyl carbamates (subject to hydrolysis) is 1. The normalized spacial score (nSPS) is 11.5. The summed E-state index contributed by atoms with van der Waals surface area (Å²) < 4.78 is 9.57. The summed E-state index contributed by atoms with van der Waals surface area (Å²) in [6.45, 7) is 13.2. The van der Waals surface area contributed by atoms with Crippen molar-refractivity contribution in [3.8, 4) is 0 Å². The number of allylic oxidation sites excluding steroid dienone is 2. The van der Waals surface area contributed by atoms with Gasteiger partial charge in [-0.25, -0.2) is 9.59 Å². The third-order valence-corrected chi connectivity index (χ3v) is 4.72. The van der Waals surface area contributed by atoms with Gasteiger partial charge in [0, 0.05) is 40.3 Å². The highest BCUT2D eigenvalue weighted by molar-refractivity contribution is 5.74. The molecule has 0 saturated carbocycles. The molecule has 0 bridgehead atoms. The zero-order valence-corrected chi connectivity index (χ0v) is 19.8. The standard InChI is InChI=1S/C21H34N6O4/c1-9-26(13-11-22-19(29)31-21(4,5)6)18-23-16-15(27(18)12-10-14(2)3)17(28)25(8)20(30)24(16)7/h10H,9,11-13H2,1-8H3,(H,22,29). The van der Waals surface area contributed by atoms with Crippen molar-refractivity contribution in [3.05, 3.63) is 32.5 Å². The number of carbonyl (C=O) groups is 1. The molecule has 0 spiro atoms. The molecule has 2 rings (SSSR count). The van der Waals surface area contributed by atoms with Crippen LogP contribution in [0, 0.1) is 0 Å². The number of amides is 1. The SMILES string of the molecule is CCN(CCNC(=O)OC(C)(C)C)c1nc2c(c(=O)n(C)c(=O)n2C)n1CC=C(C)C. The molecule has 2 heterocycles. The van der Waals surface area contributed by atoms with Gasteiger partial charge < -0.3 is 19.5 Å². The van der Waals surface area contributed by atoms with Crippen LogP contribution in [0.2, 0.25) is 0 Å². The molecular formula is C21H34N6O4. The van der Waals surface area contributed by atoms with Crippen molar-refractivity contribution in [1.29, 1.82) is 0 Å². The zero-order valence-electron chi connectivity index (χ0n) is 19.8. The minimum atomic E-state index is -0.572. The van der Waals surface area contributed by atoms with E-state index in [0.717, 1.165) is 10.1 Å². The summed E-state index contributed by atoms with van der Waals surface area (Å²) in [7, 11) is 3.07. The predicted octanol–water partition coefficient (Wildman–Crippen LogP) is 1.75. The number of ether oxygens (including phenoxy) is 1. The number of rotatable bonds is 7. The molecule has 0 fully saturated rings. The smallest absolute Gasteiger partial charge is 0.407 e. The first-order chi connectivity index (χ1) is 14.4. The minimum Gasteiger partial charge on any atom is -0.444 e. The van der Waals surface area contributed by atoms with Crippen LogP contribution in [0.3, 0.4) is 0 Å². The fraction of sp³-hybridized carbons (Fsp3) is 0.619. The second kappa shape index (κ2) is 9.40. The lowest BCUT2D eigenvalue weighted by Gasteiger charge is -2.24. The van der Waals surface area contributed by atoms with E-state index >= 15 is 0 Å². The molecule has 0 atom stereocenters. The summed E-state index contributed by atoms with van der Waals surface area (Å²) in [5.41, 5.74) is 0.425. The topological polar surface area (TPSA) is 103 Å². The molecule has 1 amide bonds. The summed E-state index contributed by atoms with van der Waals surface area (Å²) in [4.78, 5) is 43.8. The Morgan fingerprint density at radius 1 is 1.19 bits per heavy atom. The van der Waals surface area contributed by atoms with Crippen molar-refractivity contribution in [2.45, 2.75) is 53.7 Å². The molecule has 0 aliphatic rings. The number of hydrogen-bond donors (Lipinski definition) is 1. The van der Waals surface area contributed by atoms with Gasteiger partial charge in [0.2, 0.25) is 5.95 Å². The molecule has 1 N–H and O–H groups in total. The van der Waals surface area contributed by atoms with E-state index in [9.17, 15) is 14.4 Å². The van der Waals surface area contributed by atoms with Crippen LogP contribution in [-0.4, -0.2) is 50.0 Å². The fourth-order valence-electron chi connectivity index (χ4n) is 3.13. The van der Waals surface area contributed by atoms with Gasteiger partial charge in [0.05, 0.1) is 0 Å². The molecule has 10 heteroatoms. The van der Waals surface area contributed by atoms with Crippen LogP contribution in [0.5, 0.6) is 0 Å². The van der Waals surface area contributed by atoms with Crippen molar-refractivity contribution in [2.24, 2.45) is 14.1 Å². The minimum absolute atomic E-state index is 0.337. The summed E-state index contributed by atoms with van der Waals surface area (Å²) in [6, 6.07) is 0. The Bertz CT molecular complexity index is 1100. The zero-order chi connectivity index (χ0) is 23.5. The van der Waals surface area contributed by atoms with Crippen LogP contribution in [0.15, 0.2) is 21.2 Å². The third-order valence-electron chi connectivity index (χ3n) is 4.72. The number of aromatic nitrogens is 4. The Hall–Kier alpha value is -3.04. The van der Waals surface area contributed by atoms with Crippen molar-refractivity contribution < 1.29 is 9.53 Å². The monoisotopic (exact) mass is 434 g/mol. The highest BCUT2D eigenvalue weighted by atomic mass is 16.6. The molecule has 172 valence electrons.